The smallest absolute Gasteiger partial charge is 0.259 e. The van der Waals surface area contributed by atoms with Gasteiger partial charge in [-0.05, 0) is 55.2 Å². The number of anilines is 1. The molecule has 0 fully saturated rings. The lowest BCUT2D eigenvalue weighted by Gasteiger charge is -2.13. The maximum Gasteiger partial charge on any atom is 0.259 e. The number of benzene rings is 2. The molecular weight excluding hydrogens is 384 g/mol. The third-order valence-corrected chi connectivity index (χ3v) is 4.86. The van der Waals surface area contributed by atoms with Crippen molar-refractivity contribution in [1.29, 1.82) is 0 Å². The Labute approximate surface area is 173 Å². The molecule has 0 saturated carbocycles. The van der Waals surface area contributed by atoms with E-state index < -0.39 is 29.5 Å². The maximum atomic E-state index is 12.7. The molecule has 8 heteroatoms. The molecule has 154 valence electrons. The van der Waals surface area contributed by atoms with E-state index in [4.69, 9.17) is 0 Å². The minimum atomic E-state index is -1.33. The second kappa shape index (κ2) is 8.77. The van der Waals surface area contributed by atoms with Crippen LogP contribution in [-0.2, 0) is 22.4 Å². The summed E-state index contributed by atoms with van der Waals surface area (Å²) < 4.78 is 0. The van der Waals surface area contributed by atoms with Gasteiger partial charge in [-0.3, -0.25) is 24.5 Å². The van der Waals surface area contributed by atoms with Crippen LogP contribution in [0.5, 0.6) is 0 Å². The number of fused-ring (bicyclic) bond motifs is 1. The zero-order valence-corrected chi connectivity index (χ0v) is 17.0. The summed E-state index contributed by atoms with van der Waals surface area (Å²) in [7, 11) is 0. The molecule has 30 heavy (non-hydrogen) atoms. The number of hydrogen-bond donors (Lipinski definition) is 2. The Balaban J connectivity index is 1.81. The van der Waals surface area contributed by atoms with Crippen LogP contribution in [0.15, 0.2) is 46.6 Å². The van der Waals surface area contributed by atoms with Crippen LogP contribution in [0.2, 0.25) is 0 Å². The second-order valence-electron chi connectivity index (χ2n) is 6.93. The molecule has 2 aromatic carbocycles. The van der Waals surface area contributed by atoms with Crippen LogP contribution in [0.25, 0.3) is 0 Å². The van der Waals surface area contributed by atoms with Crippen molar-refractivity contribution in [3.63, 3.8) is 0 Å². The van der Waals surface area contributed by atoms with E-state index >= 15 is 0 Å². The predicted octanol–water partition coefficient (Wildman–Crippen LogP) is 3.38. The number of Topliss-reactive ketones (excluding diaryl/α,β-unsaturated/α-hetero) is 1. The summed E-state index contributed by atoms with van der Waals surface area (Å²) in [4.78, 5) is 48.1. The molecule has 0 radical (unpaired) electrons. The van der Waals surface area contributed by atoms with Crippen molar-refractivity contribution in [1.82, 2.24) is 5.32 Å². The monoisotopic (exact) mass is 406 g/mol. The first kappa shape index (κ1) is 21.0. The van der Waals surface area contributed by atoms with Crippen LogP contribution in [-0.4, -0.2) is 29.5 Å². The number of carbonyl (C=O) groups excluding carboxylic acids is 4. The highest BCUT2D eigenvalue weighted by Gasteiger charge is 2.27. The van der Waals surface area contributed by atoms with Gasteiger partial charge in [0.15, 0.2) is 5.78 Å². The molecule has 1 atom stereocenters. The Bertz CT molecular complexity index is 1070. The highest BCUT2D eigenvalue weighted by Crippen LogP contribution is 2.23. The first-order valence-corrected chi connectivity index (χ1v) is 9.67. The number of imide groups is 1. The van der Waals surface area contributed by atoms with E-state index in [2.05, 4.69) is 27.8 Å². The lowest BCUT2D eigenvalue weighted by Crippen LogP contribution is -2.32. The second-order valence-corrected chi connectivity index (χ2v) is 6.93. The van der Waals surface area contributed by atoms with Crippen molar-refractivity contribution in [3.05, 3.63) is 58.7 Å². The molecule has 0 aromatic heterocycles. The minimum Gasteiger partial charge on any atom is -0.324 e. The molecule has 0 spiro atoms. The number of rotatable bonds is 7. The zero-order valence-electron chi connectivity index (χ0n) is 17.0. The summed E-state index contributed by atoms with van der Waals surface area (Å²) in [5.41, 5.74) is 3.46. The number of carbonyl (C=O) groups is 4. The van der Waals surface area contributed by atoms with Gasteiger partial charge in [-0.2, -0.15) is 10.2 Å². The van der Waals surface area contributed by atoms with E-state index in [1.54, 1.807) is 0 Å². The van der Waals surface area contributed by atoms with Crippen LogP contribution in [0, 0.1) is 0 Å². The van der Waals surface area contributed by atoms with E-state index in [1.807, 2.05) is 25.1 Å². The predicted molar refractivity (Wildman–Crippen MR) is 111 cm³/mol. The molecule has 2 N–H and O–H groups in total. The molecule has 1 aliphatic heterocycles. The van der Waals surface area contributed by atoms with Gasteiger partial charge in [0.2, 0.25) is 6.04 Å². The quantitative estimate of drug-likeness (QED) is 0.416. The molecule has 1 unspecified atom stereocenters. The van der Waals surface area contributed by atoms with E-state index in [9.17, 15) is 19.2 Å². The normalized spacial score (nSPS) is 13.8. The van der Waals surface area contributed by atoms with E-state index in [0.717, 1.165) is 24.0 Å². The van der Waals surface area contributed by atoms with E-state index in [0.29, 0.717) is 5.69 Å². The molecule has 8 nitrogen and oxygen atoms in total. The number of nitrogens with one attached hydrogen (secondary N) is 2. The highest BCUT2D eigenvalue weighted by atomic mass is 16.2. The van der Waals surface area contributed by atoms with Gasteiger partial charge in [-0.15, -0.1) is 0 Å². The summed E-state index contributed by atoms with van der Waals surface area (Å²) in [5, 5.41) is 12.8. The summed E-state index contributed by atoms with van der Waals surface area (Å²) in [6.07, 6.45) is 1.61. The van der Waals surface area contributed by atoms with Crippen LogP contribution < -0.4 is 10.6 Å². The van der Waals surface area contributed by atoms with Gasteiger partial charge < -0.3 is 5.32 Å². The van der Waals surface area contributed by atoms with Crippen molar-refractivity contribution < 1.29 is 19.2 Å². The van der Waals surface area contributed by atoms with Crippen LogP contribution >= 0.6 is 0 Å². The SMILES string of the molecule is CCc1ccc(NC(=O)C(N=Nc2ccc3c(c2)C(=O)NC3=O)C(C)=O)c(CC)c1. The number of amides is 3. The number of nitrogens with zero attached hydrogens (tertiary/aromatic N) is 2. The molecule has 3 amide bonds. The summed E-state index contributed by atoms with van der Waals surface area (Å²) in [6.45, 7) is 5.30. The largest absolute Gasteiger partial charge is 0.324 e. The first-order valence-electron chi connectivity index (χ1n) is 9.67. The van der Waals surface area contributed by atoms with Crippen molar-refractivity contribution in [2.45, 2.75) is 39.7 Å². The molecule has 0 bridgehead atoms. The van der Waals surface area contributed by atoms with Gasteiger partial charge in [-0.1, -0.05) is 26.0 Å². The van der Waals surface area contributed by atoms with Gasteiger partial charge in [0.25, 0.3) is 17.7 Å². The summed E-state index contributed by atoms with van der Waals surface area (Å²) in [5.74, 6) is -2.04. The molecule has 2 aromatic rings. The zero-order chi connectivity index (χ0) is 21.8. The number of azo groups is 1. The van der Waals surface area contributed by atoms with Gasteiger partial charge in [0.1, 0.15) is 0 Å². The van der Waals surface area contributed by atoms with Crippen molar-refractivity contribution in [2.75, 3.05) is 5.32 Å². The van der Waals surface area contributed by atoms with Crippen molar-refractivity contribution in [2.24, 2.45) is 10.2 Å². The fraction of sp³-hybridized carbons (Fsp3) is 0.273. The van der Waals surface area contributed by atoms with Crippen LogP contribution in [0.4, 0.5) is 11.4 Å². The van der Waals surface area contributed by atoms with Gasteiger partial charge in [0.05, 0.1) is 16.8 Å². The molecule has 3 rings (SSSR count). The number of ketones is 1. The molecular formula is C22H22N4O4. The van der Waals surface area contributed by atoms with Crippen molar-refractivity contribution >= 4 is 34.9 Å². The number of hydrogen-bond acceptors (Lipinski definition) is 6. The lowest BCUT2D eigenvalue weighted by atomic mass is 10.0. The van der Waals surface area contributed by atoms with Gasteiger partial charge in [-0.25, -0.2) is 0 Å². The van der Waals surface area contributed by atoms with Crippen LogP contribution in [0.3, 0.4) is 0 Å². The molecule has 0 saturated heterocycles. The van der Waals surface area contributed by atoms with E-state index in [1.165, 1.54) is 25.1 Å². The minimum absolute atomic E-state index is 0.184. The first-order chi connectivity index (χ1) is 14.3. The van der Waals surface area contributed by atoms with Gasteiger partial charge >= 0.3 is 0 Å². The highest BCUT2D eigenvalue weighted by molar-refractivity contribution is 6.21. The Morgan fingerprint density at radius 2 is 1.73 bits per heavy atom. The van der Waals surface area contributed by atoms with Crippen molar-refractivity contribution in [3.8, 4) is 0 Å². The van der Waals surface area contributed by atoms with Gasteiger partial charge in [0, 0.05) is 5.69 Å². The Morgan fingerprint density at radius 3 is 2.40 bits per heavy atom. The molecule has 1 heterocycles. The van der Waals surface area contributed by atoms with Crippen LogP contribution in [0.1, 0.15) is 52.6 Å². The fourth-order valence-electron chi connectivity index (χ4n) is 3.14. The Kier molecular flexibility index (Phi) is 6.15. The standard InChI is InChI=1S/C22H22N4O4/c1-4-13-6-9-18(14(5-2)10-13)23-22(30)19(12(3)27)26-25-15-7-8-16-17(11-15)21(29)24-20(16)28/h6-11,19H,4-5H2,1-3H3,(H,23,30)(H,24,28,29). The average molecular weight is 406 g/mol. The Hall–Kier alpha value is -3.68. The molecule has 0 aliphatic carbocycles. The summed E-state index contributed by atoms with van der Waals surface area (Å²) >= 11 is 0. The number of aryl methyl sites for hydroxylation is 2. The van der Waals surface area contributed by atoms with E-state index in [-0.39, 0.29) is 16.8 Å². The third kappa shape index (κ3) is 4.32. The topological polar surface area (TPSA) is 117 Å². The summed E-state index contributed by atoms with van der Waals surface area (Å²) in [6, 6.07) is 8.79. The Morgan fingerprint density at radius 1 is 1.00 bits per heavy atom. The fourth-order valence-corrected chi connectivity index (χ4v) is 3.14. The lowest BCUT2D eigenvalue weighted by molar-refractivity contribution is -0.126. The average Bonchev–Trinajstić information content (AvgIpc) is 3.01. The third-order valence-electron chi connectivity index (χ3n) is 4.86. The maximum absolute atomic E-state index is 12.7. The molecule has 1 aliphatic rings.